The fourth-order valence-corrected chi connectivity index (χ4v) is 9.13. The van der Waals surface area contributed by atoms with Gasteiger partial charge in [-0.2, -0.15) is 0 Å². The van der Waals surface area contributed by atoms with E-state index in [1.165, 1.54) is 22.3 Å². The average molecular weight is 856 g/mol. The lowest BCUT2D eigenvalue weighted by Gasteiger charge is -2.11. The van der Waals surface area contributed by atoms with Gasteiger partial charge in [0.05, 0.1) is 0 Å². The third-order valence-electron chi connectivity index (χ3n) is 12.6. The molecule has 2 heterocycles. The Morgan fingerprint density at radius 3 is 1.13 bits per heavy atom. The van der Waals surface area contributed by atoms with Crippen LogP contribution in [0.3, 0.4) is 0 Å². The van der Waals surface area contributed by atoms with Crippen LogP contribution in [0.15, 0.2) is 253 Å². The number of para-hydroxylation sites is 1. The summed E-state index contributed by atoms with van der Waals surface area (Å²) in [6, 6.07) is 87.0. The number of hydrogen-bond acceptors (Lipinski definition) is 4. The molecule has 314 valence electrons. The molecule has 0 fully saturated rings. The normalized spacial score (nSPS) is 11.3. The van der Waals surface area contributed by atoms with Crippen molar-refractivity contribution in [2.24, 2.45) is 0 Å². The molecule has 12 rings (SSSR count). The molecule has 0 spiro atoms. The molecule has 0 N–H and O–H groups in total. The SMILES string of the molecule is c1ccc(-c2ccc(-c3cccc(-c4nc(-c5ccc(-c6ccccc6)cc5)nc(-c5cccc6oc7c(-c8cccc(-c9ccc(-c%10ccccc%10)cc9)c8)cccc7c56)n4)c3)cc2)cc1. The smallest absolute Gasteiger partial charge is 0.164 e. The molecule has 0 saturated carbocycles. The van der Waals surface area contributed by atoms with Crippen LogP contribution >= 0.6 is 0 Å². The monoisotopic (exact) mass is 855 g/mol. The van der Waals surface area contributed by atoms with Gasteiger partial charge in [-0.15, -0.1) is 0 Å². The summed E-state index contributed by atoms with van der Waals surface area (Å²) in [4.78, 5) is 15.7. The van der Waals surface area contributed by atoms with Crippen molar-refractivity contribution in [1.82, 2.24) is 15.0 Å². The van der Waals surface area contributed by atoms with E-state index in [-0.39, 0.29) is 0 Å². The topological polar surface area (TPSA) is 51.8 Å². The summed E-state index contributed by atoms with van der Waals surface area (Å²) in [6.07, 6.45) is 0. The van der Waals surface area contributed by atoms with Crippen LogP contribution in [0.1, 0.15) is 0 Å². The summed E-state index contributed by atoms with van der Waals surface area (Å²) in [6.45, 7) is 0. The number of furan rings is 1. The average Bonchev–Trinajstić information content (AvgIpc) is 3.81. The maximum atomic E-state index is 6.83. The largest absolute Gasteiger partial charge is 0.455 e. The molecule has 12 aromatic rings. The maximum absolute atomic E-state index is 6.83. The second-order valence-corrected chi connectivity index (χ2v) is 16.8. The standard InChI is InChI=1S/C63H41N3O/c1-4-14-42(15-5-1)45-28-32-48(33-29-45)51-20-10-22-53(40-51)55-24-12-25-56-59-57(26-13-27-58(59)67-60(55)56)63-65-61(50-38-36-47(37-39-50)44-18-8-3-9-19-44)64-62(66-63)54-23-11-21-52(41-54)49-34-30-46(31-35-49)43-16-6-2-7-17-43/h1-41H. The van der Waals surface area contributed by atoms with Gasteiger partial charge in [-0.25, -0.2) is 15.0 Å². The van der Waals surface area contributed by atoms with Gasteiger partial charge in [0.1, 0.15) is 11.2 Å². The molecule has 0 aliphatic rings. The number of hydrogen-bond donors (Lipinski definition) is 0. The van der Waals surface area contributed by atoms with Gasteiger partial charge >= 0.3 is 0 Å². The molecule has 2 aromatic heterocycles. The molecule has 0 amide bonds. The van der Waals surface area contributed by atoms with Crippen LogP contribution in [0.4, 0.5) is 0 Å². The summed E-state index contributed by atoms with van der Waals surface area (Å²) in [5.41, 5.74) is 17.9. The quantitative estimate of drug-likeness (QED) is 0.145. The summed E-state index contributed by atoms with van der Waals surface area (Å²) in [7, 11) is 0. The molecule has 0 bridgehead atoms. The van der Waals surface area contributed by atoms with Crippen LogP contribution in [0.25, 0.3) is 123 Å². The molecule has 0 radical (unpaired) electrons. The first-order valence-corrected chi connectivity index (χ1v) is 22.6. The predicted octanol–water partition coefficient (Wildman–Crippen LogP) is 16.8. The molecule has 0 unspecified atom stereocenters. The minimum atomic E-state index is 0.574. The van der Waals surface area contributed by atoms with Crippen molar-refractivity contribution in [3.63, 3.8) is 0 Å². The van der Waals surface area contributed by atoms with E-state index in [9.17, 15) is 0 Å². The van der Waals surface area contributed by atoms with Crippen molar-refractivity contribution in [3.05, 3.63) is 249 Å². The zero-order chi connectivity index (χ0) is 44.5. The van der Waals surface area contributed by atoms with Crippen molar-refractivity contribution in [2.75, 3.05) is 0 Å². The van der Waals surface area contributed by atoms with E-state index < -0.39 is 0 Å². The van der Waals surface area contributed by atoms with Gasteiger partial charge in [-0.3, -0.25) is 0 Å². The lowest BCUT2D eigenvalue weighted by Crippen LogP contribution is -2.00. The second kappa shape index (κ2) is 17.2. The number of benzene rings is 10. The highest BCUT2D eigenvalue weighted by Gasteiger charge is 2.20. The highest BCUT2D eigenvalue weighted by atomic mass is 16.3. The molecular weight excluding hydrogens is 815 g/mol. The number of aromatic nitrogens is 3. The van der Waals surface area contributed by atoms with E-state index in [4.69, 9.17) is 19.4 Å². The molecule has 10 aromatic carbocycles. The van der Waals surface area contributed by atoms with Crippen molar-refractivity contribution < 1.29 is 4.42 Å². The molecule has 0 aliphatic carbocycles. The van der Waals surface area contributed by atoms with Crippen molar-refractivity contribution in [2.45, 2.75) is 0 Å². The Kier molecular flexibility index (Phi) is 10.2. The van der Waals surface area contributed by atoms with E-state index in [1.807, 2.05) is 30.3 Å². The minimum Gasteiger partial charge on any atom is -0.455 e. The van der Waals surface area contributed by atoms with E-state index in [1.54, 1.807) is 0 Å². The zero-order valence-electron chi connectivity index (χ0n) is 36.4. The molecule has 0 atom stereocenters. The van der Waals surface area contributed by atoms with Gasteiger partial charge in [0.15, 0.2) is 17.5 Å². The second-order valence-electron chi connectivity index (χ2n) is 16.8. The summed E-state index contributed by atoms with van der Waals surface area (Å²) < 4.78 is 6.83. The first kappa shape index (κ1) is 39.6. The van der Waals surface area contributed by atoms with E-state index >= 15 is 0 Å². The van der Waals surface area contributed by atoms with E-state index in [0.29, 0.717) is 17.5 Å². The Bertz CT molecular complexity index is 3700. The molecule has 0 saturated heterocycles. The van der Waals surface area contributed by atoms with Crippen LogP contribution in [0.5, 0.6) is 0 Å². The Labute approximate surface area is 389 Å². The van der Waals surface area contributed by atoms with Gasteiger partial charge < -0.3 is 4.42 Å². The van der Waals surface area contributed by atoms with E-state index in [2.05, 4.69) is 218 Å². The minimum absolute atomic E-state index is 0.574. The van der Waals surface area contributed by atoms with Gasteiger partial charge in [0, 0.05) is 33.0 Å². The Balaban J connectivity index is 0.955. The first-order valence-electron chi connectivity index (χ1n) is 22.6. The summed E-state index contributed by atoms with van der Waals surface area (Å²) in [5, 5.41) is 1.96. The summed E-state index contributed by atoms with van der Waals surface area (Å²) in [5.74, 6) is 1.76. The van der Waals surface area contributed by atoms with Gasteiger partial charge in [-0.1, -0.05) is 231 Å². The Morgan fingerprint density at radius 1 is 0.239 bits per heavy atom. The van der Waals surface area contributed by atoms with Crippen LogP contribution in [0, 0.1) is 0 Å². The van der Waals surface area contributed by atoms with Crippen molar-refractivity contribution in [1.29, 1.82) is 0 Å². The number of rotatable bonds is 9. The third kappa shape index (κ3) is 7.77. The van der Waals surface area contributed by atoms with Crippen molar-refractivity contribution >= 4 is 21.9 Å². The first-order chi connectivity index (χ1) is 33.2. The fraction of sp³-hybridized carbons (Fsp3) is 0. The molecule has 67 heavy (non-hydrogen) atoms. The van der Waals surface area contributed by atoms with Crippen LogP contribution in [-0.2, 0) is 0 Å². The number of fused-ring (bicyclic) bond motifs is 3. The molecule has 0 aliphatic heterocycles. The maximum Gasteiger partial charge on any atom is 0.164 e. The fourth-order valence-electron chi connectivity index (χ4n) is 9.13. The van der Waals surface area contributed by atoms with Crippen LogP contribution in [0.2, 0.25) is 0 Å². The van der Waals surface area contributed by atoms with Crippen molar-refractivity contribution in [3.8, 4) is 101 Å². The molecule has 4 nitrogen and oxygen atoms in total. The summed E-state index contributed by atoms with van der Waals surface area (Å²) >= 11 is 0. The molecular formula is C63H41N3O. The lowest BCUT2D eigenvalue weighted by atomic mass is 9.96. The molecule has 4 heteroatoms. The Morgan fingerprint density at radius 2 is 0.597 bits per heavy atom. The lowest BCUT2D eigenvalue weighted by molar-refractivity contribution is 0.670. The van der Waals surface area contributed by atoms with Gasteiger partial charge in [0.2, 0.25) is 0 Å². The number of nitrogens with zero attached hydrogens (tertiary/aromatic N) is 3. The third-order valence-corrected chi connectivity index (χ3v) is 12.6. The predicted molar refractivity (Wildman–Crippen MR) is 276 cm³/mol. The van der Waals surface area contributed by atoms with E-state index in [0.717, 1.165) is 83.1 Å². The highest BCUT2D eigenvalue weighted by molar-refractivity contribution is 6.15. The van der Waals surface area contributed by atoms with Gasteiger partial charge in [0.25, 0.3) is 0 Å². The highest BCUT2D eigenvalue weighted by Crippen LogP contribution is 2.41. The van der Waals surface area contributed by atoms with Crippen LogP contribution < -0.4 is 0 Å². The Hall–Kier alpha value is -8.99. The van der Waals surface area contributed by atoms with Crippen LogP contribution in [-0.4, -0.2) is 15.0 Å². The van der Waals surface area contributed by atoms with Gasteiger partial charge in [-0.05, 0) is 79.4 Å². The zero-order valence-corrected chi connectivity index (χ0v) is 36.4.